The predicted octanol–water partition coefficient (Wildman–Crippen LogP) is 0.770. The van der Waals surface area contributed by atoms with Gasteiger partial charge in [0, 0.05) is 17.6 Å². The third kappa shape index (κ3) is 3.15. The van der Waals surface area contributed by atoms with E-state index in [0.29, 0.717) is 18.3 Å². The van der Waals surface area contributed by atoms with Crippen LogP contribution in [-0.4, -0.2) is 40.1 Å². The zero-order valence-electron chi connectivity index (χ0n) is 11.9. The molecule has 2 N–H and O–H groups in total. The third-order valence-corrected chi connectivity index (χ3v) is 3.98. The van der Waals surface area contributed by atoms with E-state index in [9.17, 15) is 9.59 Å². The summed E-state index contributed by atoms with van der Waals surface area (Å²) in [5, 5.41) is 12.0. The van der Waals surface area contributed by atoms with Gasteiger partial charge in [0.05, 0.1) is 24.9 Å². The molecule has 2 aromatic heterocycles. The molecule has 0 bridgehead atoms. The van der Waals surface area contributed by atoms with Crippen LogP contribution in [0.1, 0.15) is 11.7 Å². The van der Waals surface area contributed by atoms with Crippen LogP contribution in [0.15, 0.2) is 28.5 Å². The van der Waals surface area contributed by atoms with Gasteiger partial charge in [-0.25, -0.2) is 14.5 Å². The van der Waals surface area contributed by atoms with Crippen molar-refractivity contribution in [2.24, 2.45) is 0 Å². The first-order chi connectivity index (χ1) is 10.6. The number of carbonyl (C=O) groups is 1. The van der Waals surface area contributed by atoms with E-state index in [1.807, 2.05) is 6.92 Å². The van der Waals surface area contributed by atoms with E-state index >= 15 is 0 Å². The van der Waals surface area contributed by atoms with E-state index in [4.69, 9.17) is 4.74 Å². The van der Waals surface area contributed by atoms with Gasteiger partial charge in [-0.3, -0.25) is 10.1 Å². The summed E-state index contributed by atoms with van der Waals surface area (Å²) in [4.78, 5) is 27.9. The van der Waals surface area contributed by atoms with Crippen molar-refractivity contribution in [2.45, 2.75) is 19.0 Å². The number of anilines is 1. The molecule has 2 aromatic rings. The average Bonchev–Trinajstić information content (AvgIpc) is 3.13. The predicted molar refractivity (Wildman–Crippen MR) is 81.1 cm³/mol. The average molecular weight is 321 g/mol. The molecule has 3 heterocycles. The zero-order valence-corrected chi connectivity index (χ0v) is 12.7. The van der Waals surface area contributed by atoms with Crippen LogP contribution in [0.3, 0.4) is 0 Å². The molecule has 0 radical (unpaired) electrons. The normalized spacial score (nSPS) is 20.8. The number of amides is 2. The molecule has 0 aromatic carbocycles. The van der Waals surface area contributed by atoms with Crippen LogP contribution in [0.5, 0.6) is 0 Å². The van der Waals surface area contributed by atoms with Crippen molar-refractivity contribution in [2.75, 3.05) is 18.5 Å². The lowest BCUT2D eigenvalue weighted by molar-refractivity contribution is 0.180. The van der Waals surface area contributed by atoms with Gasteiger partial charge >= 0.3 is 6.03 Å². The Balaban J connectivity index is 1.72. The summed E-state index contributed by atoms with van der Waals surface area (Å²) in [6.45, 7) is 2.47. The van der Waals surface area contributed by atoms with Crippen molar-refractivity contribution >= 4 is 22.5 Å². The van der Waals surface area contributed by atoms with E-state index in [-0.39, 0.29) is 23.7 Å². The number of thiazole rings is 1. The van der Waals surface area contributed by atoms with E-state index in [0.717, 1.165) is 5.69 Å². The molecule has 0 aliphatic carbocycles. The molecule has 2 amide bonds. The van der Waals surface area contributed by atoms with Gasteiger partial charge in [-0.15, -0.1) is 11.3 Å². The number of aromatic nitrogens is 3. The number of aryl methyl sites for hydroxylation is 1. The second-order valence-corrected chi connectivity index (χ2v) is 5.80. The number of nitrogens with zero attached hydrogens (tertiary/aromatic N) is 3. The van der Waals surface area contributed by atoms with Crippen LogP contribution in [0.2, 0.25) is 0 Å². The molecule has 3 rings (SSSR count). The minimum absolute atomic E-state index is 0.215. The van der Waals surface area contributed by atoms with Crippen molar-refractivity contribution < 1.29 is 9.53 Å². The van der Waals surface area contributed by atoms with Crippen LogP contribution in [-0.2, 0) is 4.74 Å². The Morgan fingerprint density at radius 3 is 3.09 bits per heavy atom. The fourth-order valence-corrected chi connectivity index (χ4v) is 2.79. The summed E-state index contributed by atoms with van der Waals surface area (Å²) in [5.41, 5.74) is 0.519. The van der Waals surface area contributed by atoms with Crippen molar-refractivity contribution in [3.05, 3.63) is 39.8 Å². The summed E-state index contributed by atoms with van der Waals surface area (Å²) < 4.78 is 6.77. The van der Waals surface area contributed by atoms with Crippen molar-refractivity contribution in [3.8, 4) is 0 Å². The van der Waals surface area contributed by atoms with E-state index < -0.39 is 0 Å². The van der Waals surface area contributed by atoms with Crippen LogP contribution in [0.4, 0.5) is 9.93 Å². The van der Waals surface area contributed by atoms with E-state index in [1.165, 1.54) is 22.1 Å². The Morgan fingerprint density at radius 2 is 2.32 bits per heavy atom. The first-order valence-corrected chi connectivity index (χ1v) is 7.62. The zero-order chi connectivity index (χ0) is 15.5. The number of rotatable bonds is 3. The Bertz CT molecular complexity index is 715. The highest BCUT2D eigenvalue weighted by atomic mass is 32.1. The highest BCUT2D eigenvalue weighted by Crippen LogP contribution is 2.18. The van der Waals surface area contributed by atoms with Gasteiger partial charge in [-0.2, -0.15) is 5.10 Å². The number of ether oxygens (including phenoxy) is 1. The van der Waals surface area contributed by atoms with E-state index in [2.05, 4.69) is 20.7 Å². The van der Waals surface area contributed by atoms with Gasteiger partial charge in [0.25, 0.3) is 5.56 Å². The molecule has 1 aliphatic rings. The van der Waals surface area contributed by atoms with Gasteiger partial charge in [0.1, 0.15) is 6.04 Å². The molecule has 2 atom stereocenters. The summed E-state index contributed by atoms with van der Waals surface area (Å²) >= 11 is 1.33. The summed E-state index contributed by atoms with van der Waals surface area (Å²) in [6, 6.07) is 2.09. The van der Waals surface area contributed by atoms with Gasteiger partial charge < -0.3 is 10.1 Å². The fourth-order valence-electron chi connectivity index (χ4n) is 2.27. The summed E-state index contributed by atoms with van der Waals surface area (Å²) in [5.74, 6) is 0. The molecular formula is C13H15N5O3S. The molecule has 22 heavy (non-hydrogen) atoms. The number of hydrogen-bond donors (Lipinski definition) is 2. The van der Waals surface area contributed by atoms with Gasteiger partial charge in [-0.1, -0.05) is 0 Å². The standard InChI is InChI=1S/C13H15N5O3S/c1-8-2-3-11(19)18(17-8)10-7-21-6-9(10)15-12(20)16-13-14-4-5-22-13/h2-5,9-10H,6-7H2,1H3,(H2,14,15,16,20). The van der Waals surface area contributed by atoms with E-state index in [1.54, 1.807) is 17.6 Å². The lowest BCUT2D eigenvalue weighted by Crippen LogP contribution is -2.45. The van der Waals surface area contributed by atoms with Crippen LogP contribution >= 0.6 is 11.3 Å². The third-order valence-electron chi connectivity index (χ3n) is 3.29. The smallest absolute Gasteiger partial charge is 0.321 e. The minimum Gasteiger partial charge on any atom is -0.377 e. The molecule has 9 heteroatoms. The quantitative estimate of drug-likeness (QED) is 0.870. The second-order valence-electron chi connectivity index (χ2n) is 4.90. The van der Waals surface area contributed by atoms with Crippen LogP contribution in [0, 0.1) is 6.92 Å². The fraction of sp³-hybridized carbons (Fsp3) is 0.385. The summed E-state index contributed by atoms with van der Waals surface area (Å²) in [6.07, 6.45) is 1.61. The maximum absolute atomic E-state index is 12.0. The van der Waals surface area contributed by atoms with Crippen molar-refractivity contribution in [3.63, 3.8) is 0 Å². The lowest BCUT2D eigenvalue weighted by atomic mass is 10.2. The summed E-state index contributed by atoms with van der Waals surface area (Å²) in [7, 11) is 0. The van der Waals surface area contributed by atoms with Crippen LogP contribution < -0.4 is 16.2 Å². The topological polar surface area (TPSA) is 98.1 Å². The molecule has 0 spiro atoms. The van der Waals surface area contributed by atoms with Crippen LogP contribution in [0.25, 0.3) is 0 Å². The SMILES string of the molecule is Cc1ccc(=O)n(C2COCC2NC(=O)Nc2nccs2)n1. The molecule has 2 unspecified atom stereocenters. The largest absolute Gasteiger partial charge is 0.377 e. The van der Waals surface area contributed by atoms with Gasteiger partial charge in [-0.05, 0) is 13.0 Å². The number of urea groups is 1. The molecule has 1 saturated heterocycles. The Kier molecular flexibility index (Phi) is 4.16. The monoisotopic (exact) mass is 321 g/mol. The maximum atomic E-state index is 12.0. The molecule has 1 aliphatic heterocycles. The molecule has 116 valence electrons. The number of carbonyl (C=O) groups excluding carboxylic acids is 1. The van der Waals surface area contributed by atoms with Gasteiger partial charge in [0.15, 0.2) is 5.13 Å². The lowest BCUT2D eigenvalue weighted by Gasteiger charge is -2.20. The molecule has 0 saturated carbocycles. The molecule has 1 fully saturated rings. The second kappa shape index (κ2) is 6.24. The maximum Gasteiger partial charge on any atom is 0.321 e. The Labute approximate surface area is 130 Å². The number of hydrogen-bond acceptors (Lipinski definition) is 6. The van der Waals surface area contributed by atoms with Crippen molar-refractivity contribution in [1.29, 1.82) is 0 Å². The number of nitrogens with one attached hydrogen (secondary N) is 2. The minimum atomic E-state index is -0.379. The van der Waals surface area contributed by atoms with Crippen molar-refractivity contribution in [1.82, 2.24) is 20.1 Å². The first kappa shape index (κ1) is 14.7. The highest BCUT2D eigenvalue weighted by molar-refractivity contribution is 7.13. The molecule has 8 nitrogen and oxygen atoms in total. The Hall–Kier alpha value is -2.26. The Morgan fingerprint density at radius 1 is 1.45 bits per heavy atom. The highest BCUT2D eigenvalue weighted by Gasteiger charge is 2.32. The molecular weight excluding hydrogens is 306 g/mol. The van der Waals surface area contributed by atoms with Gasteiger partial charge in [0.2, 0.25) is 0 Å². The first-order valence-electron chi connectivity index (χ1n) is 6.75.